The molecule has 1 aromatic carbocycles. The molecule has 0 bridgehead atoms. The molecule has 2 aliphatic rings. The van der Waals surface area contributed by atoms with Gasteiger partial charge in [-0.05, 0) is 44.6 Å². The number of thiazole rings is 1. The first-order valence-corrected chi connectivity index (χ1v) is 12.5. The number of Topliss-reactive ketones (excluding diaryl/α,β-unsaturated/α-hetero) is 1. The van der Waals surface area contributed by atoms with Crippen molar-refractivity contribution < 1.29 is 9.32 Å². The van der Waals surface area contributed by atoms with Gasteiger partial charge < -0.3 is 9.42 Å². The lowest BCUT2D eigenvalue weighted by Crippen LogP contribution is -2.36. The van der Waals surface area contributed by atoms with Crippen LogP contribution in [0.25, 0.3) is 22.1 Å². The number of aryl methyl sites for hydroxylation is 2. The summed E-state index contributed by atoms with van der Waals surface area (Å²) in [7, 11) is 0. The Morgan fingerprint density at radius 2 is 1.97 bits per heavy atom. The zero-order valence-corrected chi connectivity index (χ0v) is 19.6. The number of fused-ring (bicyclic) bond motifs is 1. The highest BCUT2D eigenvalue weighted by Crippen LogP contribution is 2.38. The van der Waals surface area contributed by atoms with Crippen LogP contribution in [0, 0.1) is 6.92 Å². The molecule has 1 aliphatic heterocycles. The largest absolute Gasteiger partial charge is 0.338 e. The van der Waals surface area contributed by atoms with Gasteiger partial charge in [0.1, 0.15) is 0 Å². The molecule has 0 spiro atoms. The summed E-state index contributed by atoms with van der Waals surface area (Å²) >= 11 is 1.35. The lowest BCUT2D eigenvalue weighted by molar-refractivity contribution is -0.120. The van der Waals surface area contributed by atoms with Gasteiger partial charge in [0.15, 0.2) is 27.1 Å². The van der Waals surface area contributed by atoms with Gasteiger partial charge in [0.2, 0.25) is 5.82 Å². The summed E-state index contributed by atoms with van der Waals surface area (Å²) in [5, 5.41) is 4.54. The zero-order valence-electron chi connectivity index (χ0n) is 18.8. The van der Waals surface area contributed by atoms with Crippen molar-refractivity contribution in [3.05, 3.63) is 52.1 Å². The summed E-state index contributed by atoms with van der Waals surface area (Å²) in [6, 6.07) is 9.93. The van der Waals surface area contributed by atoms with E-state index in [0.717, 1.165) is 44.2 Å². The first-order chi connectivity index (χ1) is 16.6. The number of hydrogen-bond donors (Lipinski definition) is 0. The van der Waals surface area contributed by atoms with E-state index < -0.39 is 0 Å². The molecule has 10 heteroatoms. The Bertz CT molecular complexity index is 1420. The molecule has 9 nitrogen and oxygen atoms in total. The van der Waals surface area contributed by atoms with Gasteiger partial charge in [-0.3, -0.25) is 14.2 Å². The highest BCUT2D eigenvalue weighted by Gasteiger charge is 2.35. The number of nitrogens with zero attached hydrogens (tertiary/aromatic N) is 6. The minimum atomic E-state index is -0.215. The maximum Gasteiger partial charge on any atom is 0.294 e. The predicted molar refractivity (Wildman–Crippen MR) is 128 cm³/mol. The first kappa shape index (κ1) is 21.2. The third-order valence-corrected chi connectivity index (χ3v) is 7.45. The van der Waals surface area contributed by atoms with Crippen LogP contribution in [0.3, 0.4) is 0 Å². The van der Waals surface area contributed by atoms with E-state index in [4.69, 9.17) is 9.51 Å². The number of rotatable bonds is 7. The van der Waals surface area contributed by atoms with E-state index in [0.29, 0.717) is 33.5 Å². The van der Waals surface area contributed by atoms with Crippen LogP contribution in [0.4, 0.5) is 5.13 Å². The zero-order chi connectivity index (χ0) is 23.2. The molecule has 1 saturated heterocycles. The molecule has 0 radical (unpaired) electrons. The van der Waals surface area contributed by atoms with Crippen LogP contribution < -0.4 is 10.5 Å². The van der Waals surface area contributed by atoms with Crippen molar-refractivity contribution in [1.29, 1.82) is 0 Å². The highest BCUT2D eigenvalue weighted by atomic mass is 32.1. The van der Waals surface area contributed by atoms with Crippen LogP contribution in [0.1, 0.15) is 49.5 Å². The molecule has 174 valence electrons. The van der Waals surface area contributed by atoms with Gasteiger partial charge in [0.25, 0.3) is 11.4 Å². The topological polar surface area (TPSA) is 107 Å². The molecular weight excluding hydrogens is 452 g/mol. The molecule has 1 saturated carbocycles. The minimum absolute atomic E-state index is 0.0795. The van der Waals surface area contributed by atoms with Crippen LogP contribution in [0.2, 0.25) is 0 Å². The van der Waals surface area contributed by atoms with Crippen LogP contribution in [-0.2, 0) is 11.2 Å². The van der Waals surface area contributed by atoms with Gasteiger partial charge in [0.05, 0.1) is 6.04 Å². The van der Waals surface area contributed by atoms with E-state index >= 15 is 0 Å². The molecule has 1 atom stereocenters. The molecule has 1 aliphatic carbocycles. The average molecular weight is 477 g/mol. The summed E-state index contributed by atoms with van der Waals surface area (Å²) in [5.74, 6) is 1.35. The lowest BCUT2D eigenvalue weighted by atomic mass is 10.0. The third-order valence-electron chi connectivity index (χ3n) is 6.46. The maximum atomic E-state index is 13.4. The van der Waals surface area contributed by atoms with Crippen molar-refractivity contribution >= 4 is 32.6 Å². The summed E-state index contributed by atoms with van der Waals surface area (Å²) in [6.07, 6.45) is 4.76. The molecule has 0 N–H and O–H groups in total. The fourth-order valence-electron chi connectivity index (χ4n) is 4.62. The summed E-state index contributed by atoms with van der Waals surface area (Å²) in [6.45, 7) is 2.48. The predicted octanol–water partition coefficient (Wildman–Crippen LogP) is 3.72. The van der Waals surface area contributed by atoms with E-state index in [9.17, 15) is 9.59 Å². The second-order valence-electron chi connectivity index (χ2n) is 8.94. The van der Waals surface area contributed by atoms with Gasteiger partial charge in [-0.1, -0.05) is 46.8 Å². The van der Waals surface area contributed by atoms with Crippen molar-refractivity contribution in [3.8, 4) is 11.7 Å². The molecular formula is C24H24N6O3S. The SMILES string of the molecule is Cc1noc(-c2nc3sc(N4CCC[C@@H]4C(=O)CCc4ccccc4)nc3c(=O)n2C2CC2)n1. The van der Waals surface area contributed by atoms with Crippen LogP contribution >= 0.6 is 11.3 Å². The molecule has 4 aromatic rings. The van der Waals surface area contributed by atoms with Crippen molar-refractivity contribution in [1.82, 2.24) is 24.7 Å². The van der Waals surface area contributed by atoms with E-state index in [1.54, 1.807) is 11.5 Å². The molecule has 6 rings (SSSR count). The molecule has 0 amide bonds. The number of hydrogen-bond acceptors (Lipinski definition) is 9. The fraction of sp³-hybridized carbons (Fsp3) is 0.417. The Kier molecular flexibility index (Phi) is 5.24. The maximum absolute atomic E-state index is 13.4. The van der Waals surface area contributed by atoms with Crippen molar-refractivity contribution in [2.75, 3.05) is 11.4 Å². The van der Waals surface area contributed by atoms with Crippen LogP contribution in [-0.4, -0.2) is 43.0 Å². The van der Waals surface area contributed by atoms with Crippen LogP contribution in [0.15, 0.2) is 39.6 Å². The Balaban J connectivity index is 1.32. The molecule has 4 heterocycles. The second kappa shape index (κ2) is 8.43. The van der Waals surface area contributed by atoms with Gasteiger partial charge in [-0.15, -0.1) is 0 Å². The number of benzene rings is 1. The third kappa shape index (κ3) is 3.81. The number of ketones is 1. The fourth-order valence-corrected chi connectivity index (χ4v) is 5.63. The number of carbonyl (C=O) groups excluding carboxylic acids is 1. The average Bonchev–Trinajstić information content (AvgIpc) is 3.23. The van der Waals surface area contributed by atoms with Crippen molar-refractivity contribution in [2.24, 2.45) is 0 Å². The smallest absolute Gasteiger partial charge is 0.294 e. The molecule has 34 heavy (non-hydrogen) atoms. The summed E-state index contributed by atoms with van der Waals surface area (Å²) < 4.78 is 6.98. The Hall–Kier alpha value is -3.40. The Morgan fingerprint density at radius 3 is 2.71 bits per heavy atom. The number of carbonyl (C=O) groups is 1. The molecule has 0 unspecified atom stereocenters. The summed E-state index contributed by atoms with van der Waals surface area (Å²) in [4.78, 5) is 42.8. The highest BCUT2D eigenvalue weighted by molar-refractivity contribution is 7.21. The Labute approximate surface area is 199 Å². The quantitative estimate of drug-likeness (QED) is 0.397. The van der Waals surface area contributed by atoms with Crippen LogP contribution in [0.5, 0.6) is 0 Å². The molecule has 3 aromatic heterocycles. The normalized spacial score (nSPS) is 18.1. The Morgan fingerprint density at radius 1 is 1.15 bits per heavy atom. The monoisotopic (exact) mass is 476 g/mol. The van der Waals surface area contributed by atoms with E-state index in [-0.39, 0.29) is 29.3 Å². The second-order valence-corrected chi connectivity index (χ2v) is 9.90. The van der Waals surface area contributed by atoms with Gasteiger partial charge in [0, 0.05) is 19.0 Å². The van der Waals surface area contributed by atoms with E-state index in [2.05, 4.69) is 20.0 Å². The van der Waals surface area contributed by atoms with Gasteiger partial charge in [-0.2, -0.15) is 4.98 Å². The standard InChI is InChI=1S/C24H24N6O3S/c1-14-25-21(33-28-14)20-27-22-19(23(32)30(20)16-10-11-16)26-24(34-22)29-13-5-8-17(29)18(31)12-9-15-6-3-2-4-7-15/h2-4,6-7,16-17H,5,8-13H2,1H3/t17-/m1/s1. The number of aromatic nitrogens is 5. The van der Waals surface area contributed by atoms with Gasteiger partial charge in [-0.25, -0.2) is 9.97 Å². The first-order valence-electron chi connectivity index (χ1n) is 11.7. The number of anilines is 1. The summed E-state index contributed by atoms with van der Waals surface area (Å²) in [5.41, 5.74) is 1.32. The van der Waals surface area contributed by atoms with E-state index in [1.165, 1.54) is 11.3 Å². The lowest BCUT2D eigenvalue weighted by Gasteiger charge is -2.22. The molecule has 2 fully saturated rings. The van der Waals surface area contributed by atoms with Crippen molar-refractivity contribution in [3.63, 3.8) is 0 Å². The minimum Gasteiger partial charge on any atom is -0.338 e. The van der Waals surface area contributed by atoms with Gasteiger partial charge >= 0.3 is 0 Å². The van der Waals surface area contributed by atoms with Crippen molar-refractivity contribution in [2.45, 2.75) is 57.5 Å². The van der Waals surface area contributed by atoms with E-state index in [1.807, 2.05) is 30.3 Å².